The Balaban J connectivity index is 1.45. The van der Waals surface area contributed by atoms with E-state index >= 15 is 0 Å². The van der Waals surface area contributed by atoms with Crippen LogP contribution in [-0.4, -0.2) is 47.9 Å². The van der Waals surface area contributed by atoms with Gasteiger partial charge in [0.1, 0.15) is 29.2 Å². The predicted molar refractivity (Wildman–Crippen MR) is 105 cm³/mol. The Kier molecular flexibility index (Phi) is 6.44. The Morgan fingerprint density at radius 3 is 2.46 bits per heavy atom. The van der Waals surface area contributed by atoms with E-state index in [1.54, 1.807) is 11.3 Å². The number of aromatic nitrogens is 1. The SMILES string of the molecule is CCOc1ccc(OCC(O)CN(C)Cc2nc3ccccc3s2)cc1. The molecule has 0 amide bonds. The molecule has 5 nitrogen and oxygen atoms in total. The first kappa shape index (κ1) is 18.6. The van der Waals surface area contributed by atoms with E-state index < -0.39 is 6.10 Å². The molecule has 0 bridgehead atoms. The van der Waals surface area contributed by atoms with Gasteiger partial charge in [-0.1, -0.05) is 12.1 Å². The number of ether oxygens (including phenoxy) is 2. The second-order valence-electron chi connectivity index (χ2n) is 6.14. The van der Waals surface area contributed by atoms with Crippen LogP contribution in [0.15, 0.2) is 48.5 Å². The van der Waals surface area contributed by atoms with Crippen molar-refractivity contribution in [3.63, 3.8) is 0 Å². The van der Waals surface area contributed by atoms with Gasteiger partial charge in [0.05, 0.1) is 23.4 Å². The molecule has 0 fully saturated rings. The second kappa shape index (κ2) is 8.98. The first-order valence-electron chi connectivity index (χ1n) is 8.70. The first-order valence-corrected chi connectivity index (χ1v) is 9.52. The molecule has 0 radical (unpaired) electrons. The van der Waals surface area contributed by atoms with Gasteiger partial charge in [-0.15, -0.1) is 11.3 Å². The van der Waals surface area contributed by atoms with E-state index in [4.69, 9.17) is 9.47 Å². The Morgan fingerprint density at radius 2 is 1.77 bits per heavy atom. The van der Waals surface area contributed by atoms with Gasteiger partial charge in [-0.05, 0) is 50.4 Å². The molecule has 1 heterocycles. The largest absolute Gasteiger partial charge is 0.494 e. The Morgan fingerprint density at radius 1 is 1.08 bits per heavy atom. The lowest BCUT2D eigenvalue weighted by Gasteiger charge is -2.19. The fourth-order valence-electron chi connectivity index (χ4n) is 2.69. The fourth-order valence-corrected chi connectivity index (χ4v) is 3.73. The molecule has 138 valence electrons. The van der Waals surface area contributed by atoms with Crippen LogP contribution >= 0.6 is 11.3 Å². The van der Waals surface area contributed by atoms with Crippen molar-refractivity contribution in [2.45, 2.75) is 19.6 Å². The van der Waals surface area contributed by atoms with Crippen molar-refractivity contribution >= 4 is 21.6 Å². The third kappa shape index (κ3) is 5.17. The topological polar surface area (TPSA) is 54.8 Å². The summed E-state index contributed by atoms with van der Waals surface area (Å²) in [4.78, 5) is 6.69. The average molecular weight is 372 g/mol. The van der Waals surface area contributed by atoms with Gasteiger partial charge in [0.25, 0.3) is 0 Å². The number of aliphatic hydroxyl groups is 1. The van der Waals surface area contributed by atoms with E-state index in [9.17, 15) is 5.11 Å². The quantitative estimate of drug-likeness (QED) is 0.622. The third-order valence-electron chi connectivity index (χ3n) is 3.84. The van der Waals surface area contributed by atoms with Gasteiger partial charge in [-0.2, -0.15) is 0 Å². The molecule has 1 aromatic heterocycles. The number of aliphatic hydroxyl groups excluding tert-OH is 1. The predicted octanol–water partition coefficient (Wildman–Crippen LogP) is 3.57. The number of nitrogens with zero attached hydrogens (tertiary/aromatic N) is 2. The van der Waals surface area contributed by atoms with Gasteiger partial charge in [0, 0.05) is 6.54 Å². The van der Waals surface area contributed by atoms with Gasteiger partial charge in [0.2, 0.25) is 0 Å². The molecular formula is C20H24N2O3S. The highest BCUT2D eigenvalue weighted by molar-refractivity contribution is 7.18. The molecular weight excluding hydrogens is 348 g/mol. The average Bonchev–Trinajstić information content (AvgIpc) is 3.03. The van der Waals surface area contributed by atoms with Gasteiger partial charge >= 0.3 is 0 Å². The number of fused-ring (bicyclic) bond motifs is 1. The molecule has 3 aromatic rings. The van der Waals surface area contributed by atoms with Gasteiger partial charge in [-0.25, -0.2) is 4.98 Å². The van der Waals surface area contributed by atoms with E-state index in [2.05, 4.69) is 16.0 Å². The number of hydrogen-bond acceptors (Lipinski definition) is 6. The number of benzene rings is 2. The van der Waals surface area contributed by atoms with Crippen LogP contribution in [0.2, 0.25) is 0 Å². The standard InChI is InChI=1S/C20H24N2O3S/c1-3-24-16-8-10-17(11-9-16)25-14-15(23)12-22(2)13-20-21-18-6-4-5-7-19(18)26-20/h4-11,15,23H,3,12-14H2,1-2H3. The minimum atomic E-state index is -0.569. The molecule has 0 aliphatic rings. The van der Waals surface area contributed by atoms with Crippen LogP contribution in [0.3, 0.4) is 0 Å². The van der Waals surface area contributed by atoms with Crippen LogP contribution in [0.25, 0.3) is 10.2 Å². The van der Waals surface area contributed by atoms with E-state index in [0.717, 1.165) is 22.0 Å². The smallest absolute Gasteiger partial charge is 0.119 e. The summed E-state index contributed by atoms with van der Waals surface area (Å²) < 4.78 is 12.2. The van der Waals surface area contributed by atoms with Crippen molar-refractivity contribution in [3.05, 3.63) is 53.5 Å². The Labute approximate surface area is 157 Å². The summed E-state index contributed by atoms with van der Waals surface area (Å²) in [7, 11) is 1.98. The highest BCUT2D eigenvalue weighted by atomic mass is 32.1. The zero-order valence-corrected chi connectivity index (χ0v) is 15.9. The summed E-state index contributed by atoms with van der Waals surface area (Å²) >= 11 is 1.69. The summed E-state index contributed by atoms with van der Waals surface area (Å²) in [6.45, 7) is 4.07. The van der Waals surface area contributed by atoms with Crippen molar-refractivity contribution in [1.29, 1.82) is 0 Å². The molecule has 26 heavy (non-hydrogen) atoms. The second-order valence-corrected chi connectivity index (χ2v) is 7.26. The highest BCUT2D eigenvalue weighted by Gasteiger charge is 2.12. The molecule has 0 saturated heterocycles. The maximum atomic E-state index is 10.2. The van der Waals surface area contributed by atoms with Crippen molar-refractivity contribution in [2.24, 2.45) is 0 Å². The summed E-state index contributed by atoms with van der Waals surface area (Å²) in [6.07, 6.45) is -0.569. The van der Waals surface area contributed by atoms with E-state index in [1.807, 2.05) is 56.4 Å². The van der Waals surface area contributed by atoms with Crippen molar-refractivity contribution in [2.75, 3.05) is 26.8 Å². The number of para-hydroxylation sites is 1. The minimum absolute atomic E-state index is 0.248. The molecule has 2 aromatic carbocycles. The van der Waals surface area contributed by atoms with Crippen molar-refractivity contribution in [3.8, 4) is 11.5 Å². The highest BCUT2D eigenvalue weighted by Crippen LogP contribution is 2.22. The number of thiazole rings is 1. The molecule has 0 aliphatic heterocycles. The molecule has 0 saturated carbocycles. The number of hydrogen-bond donors (Lipinski definition) is 1. The van der Waals surface area contributed by atoms with Crippen LogP contribution in [0.4, 0.5) is 0 Å². The lowest BCUT2D eigenvalue weighted by Crippen LogP contribution is -2.32. The van der Waals surface area contributed by atoms with Crippen LogP contribution in [0.1, 0.15) is 11.9 Å². The summed E-state index contributed by atoms with van der Waals surface area (Å²) in [5.41, 5.74) is 1.03. The monoisotopic (exact) mass is 372 g/mol. The summed E-state index contributed by atoms with van der Waals surface area (Å²) in [6, 6.07) is 15.6. The van der Waals surface area contributed by atoms with E-state index in [0.29, 0.717) is 19.7 Å². The lowest BCUT2D eigenvalue weighted by atomic mass is 10.3. The fraction of sp³-hybridized carbons (Fsp3) is 0.350. The maximum Gasteiger partial charge on any atom is 0.119 e. The first-order chi connectivity index (χ1) is 12.6. The van der Waals surface area contributed by atoms with Crippen LogP contribution in [-0.2, 0) is 6.54 Å². The Hall–Kier alpha value is -2.15. The molecule has 0 aliphatic carbocycles. The van der Waals surface area contributed by atoms with Gasteiger partial charge in [-0.3, -0.25) is 4.90 Å². The summed E-state index contributed by atoms with van der Waals surface area (Å²) in [5.74, 6) is 1.54. The molecule has 1 N–H and O–H groups in total. The number of rotatable bonds is 9. The van der Waals surface area contributed by atoms with E-state index in [-0.39, 0.29) is 6.61 Å². The zero-order chi connectivity index (χ0) is 18.4. The molecule has 1 unspecified atom stereocenters. The van der Waals surface area contributed by atoms with Crippen LogP contribution in [0, 0.1) is 0 Å². The number of likely N-dealkylation sites (N-methyl/N-ethyl adjacent to an activating group) is 1. The van der Waals surface area contributed by atoms with E-state index in [1.165, 1.54) is 4.70 Å². The summed E-state index contributed by atoms with van der Waals surface area (Å²) in [5, 5.41) is 11.3. The van der Waals surface area contributed by atoms with Gasteiger partial charge < -0.3 is 14.6 Å². The normalized spacial score (nSPS) is 12.5. The molecule has 0 spiro atoms. The molecule has 6 heteroatoms. The maximum absolute atomic E-state index is 10.2. The van der Waals surface area contributed by atoms with Crippen LogP contribution < -0.4 is 9.47 Å². The van der Waals surface area contributed by atoms with Gasteiger partial charge in [0.15, 0.2) is 0 Å². The van der Waals surface area contributed by atoms with Crippen molar-refractivity contribution in [1.82, 2.24) is 9.88 Å². The molecule has 1 atom stereocenters. The Bertz CT molecular complexity index is 786. The lowest BCUT2D eigenvalue weighted by molar-refractivity contribution is 0.0743. The van der Waals surface area contributed by atoms with Crippen molar-refractivity contribution < 1.29 is 14.6 Å². The minimum Gasteiger partial charge on any atom is -0.494 e. The third-order valence-corrected chi connectivity index (χ3v) is 4.86. The molecule has 3 rings (SSSR count). The van der Waals surface area contributed by atoms with Crippen LogP contribution in [0.5, 0.6) is 11.5 Å². The zero-order valence-electron chi connectivity index (χ0n) is 15.1.